The van der Waals surface area contributed by atoms with Crippen LogP contribution in [-0.2, 0) is 11.2 Å². The van der Waals surface area contributed by atoms with Gasteiger partial charge in [-0.2, -0.15) is 0 Å². The van der Waals surface area contributed by atoms with Gasteiger partial charge in [-0.15, -0.1) is 0 Å². The van der Waals surface area contributed by atoms with Gasteiger partial charge in [-0.05, 0) is 30.9 Å². The number of carbonyl (C=O) groups is 1. The summed E-state index contributed by atoms with van der Waals surface area (Å²) in [6.07, 6.45) is 3.65. The van der Waals surface area contributed by atoms with E-state index in [4.69, 9.17) is 0 Å². The SMILES string of the molecule is O=C[N]C1CCCc2ccccc2N1. The van der Waals surface area contributed by atoms with Gasteiger partial charge < -0.3 is 5.32 Å². The minimum Gasteiger partial charge on any atom is -0.363 e. The van der Waals surface area contributed by atoms with E-state index < -0.39 is 0 Å². The van der Waals surface area contributed by atoms with Crippen molar-refractivity contribution in [2.75, 3.05) is 5.32 Å². The Hall–Kier alpha value is -1.51. The smallest absolute Gasteiger partial charge is 0.230 e. The van der Waals surface area contributed by atoms with E-state index in [0.29, 0.717) is 6.41 Å². The van der Waals surface area contributed by atoms with Crippen molar-refractivity contribution in [3.63, 3.8) is 0 Å². The van der Waals surface area contributed by atoms with Crippen LogP contribution in [-0.4, -0.2) is 12.6 Å². The molecule has 14 heavy (non-hydrogen) atoms. The minimum absolute atomic E-state index is 0.0452. The molecule has 1 amide bonds. The Bertz CT molecular complexity index is 325. The Kier molecular flexibility index (Phi) is 2.68. The molecule has 0 saturated carbocycles. The molecule has 0 saturated heterocycles. The third-order valence-corrected chi connectivity index (χ3v) is 2.50. The molecular formula is C11H13N2O. The highest BCUT2D eigenvalue weighted by atomic mass is 16.1. The largest absolute Gasteiger partial charge is 0.363 e. The molecule has 0 bridgehead atoms. The predicted octanol–water partition coefficient (Wildman–Crippen LogP) is 1.52. The normalized spacial score (nSPS) is 20.1. The number of para-hydroxylation sites is 1. The van der Waals surface area contributed by atoms with Gasteiger partial charge in [0.15, 0.2) is 0 Å². The van der Waals surface area contributed by atoms with E-state index in [1.54, 1.807) is 0 Å². The second-order valence-corrected chi connectivity index (χ2v) is 3.46. The van der Waals surface area contributed by atoms with Crippen LogP contribution in [0.15, 0.2) is 24.3 Å². The Balaban J connectivity index is 2.17. The first-order chi connectivity index (χ1) is 6.90. The molecule has 1 atom stereocenters. The van der Waals surface area contributed by atoms with Gasteiger partial charge >= 0.3 is 0 Å². The molecule has 0 aromatic heterocycles. The first kappa shape index (κ1) is 9.06. The van der Waals surface area contributed by atoms with Crippen LogP contribution in [0.2, 0.25) is 0 Å². The summed E-state index contributed by atoms with van der Waals surface area (Å²) in [7, 11) is 0. The number of amides is 1. The number of rotatable bonds is 2. The zero-order chi connectivity index (χ0) is 9.80. The molecule has 1 radical (unpaired) electrons. The molecule has 1 aliphatic heterocycles. The standard InChI is InChI=1S/C11H13N2O/c14-8-12-11-7-3-5-9-4-1-2-6-10(9)13-11/h1-2,4,6,8,11,13H,3,5,7H2. The van der Waals surface area contributed by atoms with Crippen LogP contribution >= 0.6 is 0 Å². The highest BCUT2D eigenvalue weighted by Gasteiger charge is 2.14. The van der Waals surface area contributed by atoms with Crippen LogP contribution in [0.25, 0.3) is 0 Å². The number of hydrogen-bond acceptors (Lipinski definition) is 2. The van der Waals surface area contributed by atoms with Crippen molar-refractivity contribution >= 4 is 12.1 Å². The maximum Gasteiger partial charge on any atom is 0.230 e. The average Bonchev–Trinajstić information content (AvgIpc) is 2.40. The number of aryl methyl sites for hydroxylation is 1. The summed E-state index contributed by atoms with van der Waals surface area (Å²) < 4.78 is 0. The Morgan fingerprint density at radius 2 is 2.29 bits per heavy atom. The number of nitrogens with one attached hydrogen (secondary N) is 1. The van der Waals surface area contributed by atoms with E-state index in [-0.39, 0.29) is 6.17 Å². The number of anilines is 1. The molecule has 3 nitrogen and oxygen atoms in total. The number of carbonyl (C=O) groups excluding carboxylic acids is 1. The Labute approximate surface area is 83.5 Å². The van der Waals surface area contributed by atoms with Crippen molar-refractivity contribution in [2.45, 2.75) is 25.4 Å². The maximum atomic E-state index is 10.3. The Morgan fingerprint density at radius 3 is 3.14 bits per heavy atom. The van der Waals surface area contributed by atoms with E-state index in [1.807, 2.05) is 18.2 Å². The van der Waals surface area contributed by atoms with E-state index in [2.05, 4.69) is 16.7 Å². The number of hydrogen-bond donors (Lipinski definition) is 1. The zero-order valence-corrected chi connectivity index (χ0v) is 7.94. The predicted molar refractivity (Wildman–Crippen MR) is 55.0 cm³/mol. The number of nitrogens with zero attached hydrogens (tertiary/aromatic N) is 1. The van der Waals surface area contributed by atoms with E-state index in [0.717, 1.165) is 24.9 Å². The molecule has 1 aromatic carbocycles. The van der Waals surface area contributed by atoms with Gasteiger partial charge in [-0.3, -0.25) is 4.79 Å². The summed E-state index contributed by atoms with van der Waals surface area (Å²) in [5.41, 5.74) is 2.43. The quantitative estimate of drug-likeness (QED) is 0.717. The van der Waals surface area contributed by atoms with Crippen molar-refractivity contribution in [3.8, 4) is 0 Å². The van der Waals surface area contributed by atoms with Gasteiger partial charge in [0.1, 0.15) is 6.17 Å². The fourth-order valence-corrected chi connectivity index (χ4v) is 1.80. The zero-order valence-electron chi connectivity index (χ0n) is 7.94. The monoisotopic (exact) mass is 189 g/mol. The lowest BCUT2D eigenvalue weighted by atomic mass is 10.1. The lowest BCUT2D eigenvalue weighted by Crippen LogP contribution is -2.28. The van der Waals surface area contributed by atoms with Crippen molar-refractivity contribution in [2.24, 2.45) is 0 Å². The first-order valence-corrected chi connectivity index (χ1v) is 4.88. The highest BCUT2D eigenvalue weighted by molar-refractivity contribution is 5.54. The summed E-state index contributed by atoms with van der Waals surface area (Å²) in [5, 5.41) is 7.11. The highest BCUT2D eigenvalue weighted by Crippen LogP contribution is 2.22. The van der Waals surface area contributed by atoms with E-state index in [1.165, 1.54) is 5.56 Å². The molecule has 0 spiro atoms. The molecule has 3 heteroatoms. The van der Waals surface area contributed by atoms with Crippen molar-refractivity contribution in [3.05, 3.63) is 29.8 Å². The molecule has 1 aromatic rings. The molecular weight excluding hydrogens is 176 g/mol. The van der Waals surface area contributed by atoms with E-state index in [9.17, 15) is 4.79 Å². The van der Waals surface area contributed by atoms with Gasteiger partial charge in [0.05, 0.1) is 0 Å². The molecule has 73 valence electrons. The lowest BCUT2D eigenvalue weighted by Gasteiger charge is -2.14. The summed E-state index contributed by atoms with van der Waals surface area (Å²) in [4.78, 5) is 10.3. The molecule has 1 heterocycles. The molecule has 0 aliphatic carbocycles. The topological polar surface area (TPSA) is 43.2 Å². The summed E-state index contributed by atoms with van der Waals surface area (Å²) in [5.74, 6) is 0. The molecule has 1 unspecified atom stereocenters. The second-order valence-electron chi connectivity index (χ2n) is 3.46. The molecule has 1 N–H and O–H groups in total. The van der Waals surface area contributed by atoms with Crippen molar-refractivity contribution in [1.82, 2.24) is 5.32 Å². The minimum atomic E-state index is -0.0452. The Morgan fingerprint density at radius 1 is 1.43 bits per heavy atom. The van der Waals surface area contributed by atoms with Crippen molar-refractivity contribution < 1.29 is 4.79 Å². The maximum absolute atomic E-state index is 10.3. The third-order valence-electron chi connectivity index (χ3n) is 2.50. The molecule has 1 aliphatic rings. The van der Waals surface area contributed by atoms with Crippen LogP contribution in [0.5, 0.6) is 0 Å². The van der Waals surface area contributed by atoms with Gasteiger partial charge in [0, 0.05) is 5.69 Å². The first-order valence-electron chi connectivity index (χ1n) is 4.88. The number of benzene rings is 1. The van der Waals surface area contributed by atoms with Gasteiger partial charge in [-0.1, -0.05) is 18.2 Å². The molecule has 2 rings (SSSR count). The molecule has 0 fully saturated rings. The van der Waals surface area contributed by atoms with Gasteiger partial charge in [0.2, 0.25) is 6.41 Å². The summed E-state index contributed by atoms with van der Waals surface area (Å²) in [6.45, 7) is 0. The van der Waals surface area contributed by atoms with Crippen LogP contribution in [0.4, 0.5) is 5.69 Å². The van der Waals surface area contributed by atoms with Crippen LogP contribution in [0, 0.1) is 0 Å². The van der Waals surface area contributed by atoms with Crippen LogP contribution in [0.3, 0.4) is 0 Å². The van der Waals surface area contributed by atoms with Gasteiger partial charge in [0.25, 0.3) is 0 Å². The second kappa shape index (κ2) is 4.13. The fourth-order valence-electron chi connectivity index (χ4n) is 1.80. The van der Waals surface area contributed by atoms with Crippen LogP contribution in [0.1, 0.15) is 18.4 Å². The van der Waals surface area contributed by atoms with Crippen LogP contribution < -0.4 is 10.6 Å². The summed E-state index contributed by atoms with van der Waals surface area (Å²) in [6, 6.07) is 8.19. The van der Waals surface area contributed by atoms with Crippen molar-refractivity contribution in [1.29, 1.82) is 0 Å². The third kappa shape index (κ3) is 1.87. The van der Waals surface area contributed by atoms with Gasteiger partial charge in [-0.25, -0.2) is 5.32 Å². The average molecular weight is 189 g/mol. The number of fused-ring (bicyclic) bond motifs is 1. The fraction of sp³-hybridized carbons (Fsp3) is 0.364. The lowest BCUT2D eigenvalue weighted by molar-refractivity contribution is -0.110. The summed E-state index contributed by atoms with van der Waals surface area (Å²) >= 11 is 0. The van der Waals surface area contributed by atoms with E-state index >= 15 is 0 Å².